The maximum atomic E-state index is 12.2. The average molecular weight is 304 g/mol. The number of aryl methyl sites for hydroxylation is 3. The third kappa shape index (κ3) is 3.24. The molecule has 0 bridgehead atoms. The van der Waals surface area contributed by atoms with E-state index in [-0.39, 0.29) is 5.56 Å². The van der Waals surface area contributed by atoms with Crippen molar-refractivity contribution in [2.75, 3.05) is 0 Å². The van der Waals surface area contributed by atoms with E-state index in [2.05, 4.69) is 50.1 Å². The fourth-order valence-electron chi connectivity index (χ4n) is 2.67. The van der Waals surface area contributed by atoms with Crippen LogP contribution in [0.3, 0.4) is 0 Å². The van der Waals surface area contributed by atoms with Crippen molar-refractivity contribution in [3.63, 3.8) is 0 Å². The third-order valence-corrected chi connectivity index (χ3v) is 4.12. The van der Waals surface area contributed by atoms with E-state index in [4.69, 9.17) is 0 Å². The lowest BCUT2D eigenvalue weighted by atomic mass is 10.0. The molecule has 116 valence electrons. The fourth-order valence-corrected chi connectivity index (χ4v) is 2.67. The molecule has 0 saturated carbocycles. The Balaban J connectivity index is 2.05. The van der Waals surface area contributed by atoms with Gasteiger partial charge in [0.2, 0.25) is 0 Å². The van der Waals surface area contributed by atoms with E-state index in [0.29, 0.717) is 6.54 Å². The van der Waals surface area contributed by atoms with E-state index in [9.17, 15) is 4.79 Å². The molecule has 0 amide bonds. The highest BCUT2D eigenvalue weighted by molar-refractivity contribution is 5.63. The van der Waals surface area contributed by atoms with Crippen LogP contribution in [-0.2, 0) is 6.54 Å². The first-order chi connectivity index (χ1) is 11.0. The van der Waals surface area contributed by atoms with Crippen LogP contribution >= 0.6 is 0 Å². The lowest BCUT2D eigenvalue weighted by Gasteiger charge is -2.11. The van der Waals surface area contributed by atoms with E-state index in [0.717, 1.165) is 22.4 Å². The molecule has 0 spiro atoms. The molecular weight excluding hydrogens is 284 g/mol. The van der Waals surface area contributed by atoms with Crippen molar-refractivity contribution in [2.45, 2.75) is 27.3 Å². The molecule has 3 heteroatoms. The van der Waals surface area contributed by atoms with Crippen molar-refractivity contribution < 1.29 is 0 Å². The van der Waals surface area contributed by atoms with Gasteiger partial charge in [-0.1, -0.05) is 42.0 Å². The van der Waals surface area contributed by atoms with E-state index < -0.39 is 0 Å². The third-order valence-electron chi connectivity index (χ3n) is 4.12. The van der Waals surface area contributed by atoms with Crippen molar-refractivity contribution in [1.29, 1.82) is 0 Å². The van der Waals surface area contributed by atoms with Crippen LogP contribution in [0.2, 0.25) is 0 Å². The molecule has 0 radical (unpaired) electrons. The van der Waals surface area contributed by atoms with Crippen LogP contribution in [-0.4, -0.2) is 9.78 Å². The maximum absolute atomic E-state index is 12.2. The van der Waals surface area contributed by atoms with E-state index in [1.165, 1.54) is 11.1 Å². The molecule has 0 aliphatic rings. The second-order valence-corrected chi connectivity index (χ2v) is 5.96. The summed E-state index contributed by atoms with van der Waals surface area (Å²) in [5.74, 6) is 0. The predicted octanol–water partition coefficient (Wildman–Crippen LogP) is 3.88. The Morgan fingerprint density at radius 1 is 0.913 bits per heavy atom. The van der Waals surface area contributed by atoms with Crippen molar-refractivity contribution in [3.8, 4) is 11.3 Å². The molecule has 3 aromatic rings. The van der Waals surface area contributed by atoms with Crippen molar-refractivity contribution in [1.82, 2.24) is 9.78 Å². The summed E-state index contributed by atoms with van der Waals surface area (Å²) < 4.78 is 1.54. The second kappa shape index (κ2) is 6.21. The zero-order chi connectivity index (χ0) is 16.4. The summed E-state index contributed by atoms with van der Waals surface area (Å²) >= 11 is 0. The SMILES string of the molecule is Cc1ccc(C)c(-c2ccc(=O)n(Cc3ccccc3C)n2)c1. The van der Waals surface area contributed by atoms with Gasteiger partial charge in [0.25, 0.3) is 5.56 Å². The smallest absolute Gasteiger partial charge is 0.267 e. The maximum Gasteiger partial charge on any atom is 0.267 e. The minimum Gasteiger partial charge on any atom is -0.268 e. The van der Waals surface area contributed by atoms with Crippen LogP contribution in [0.1, 0.15) is 22.3 Å². The van der Waals surface area contributed by atoms with Gasteiger partial charge in [-0.3, -0.25) is 4.79 Å². The van der Waals surface area contributed by atoms with Gasteiger partial charge in [-0.15, -0.1) is 0 Å². The largest absolute Gasteiger partial charge is 0.268 e. The minimum absolute atomic E-state index is 0.0812. The summed E-state index contributed by atoms with van der Waals surface area (Å²) in [6.07, 6.45) is 0. The summed E-state index contributed by atoms with van der Waals surface area (Å²) in [5, 5.41) is 4.59. The van der Waals surface area contributed by atoms with E-state index in [1.807, 2.05) is 18.2 Å². The van der Waals surface area contributed by atoms with Crippen LogP contribution in [0.15, 0.2) is 59.4 Å². The molecular formula is C20H20N2O. The number of rotatable bonds is 3. The van der Waals surface area contributed by atoms with E-state index in [1.54, 1.807) is 16.8 Å². The number of hydrogen-bond donors (Lipinski definition) is 0. The molecule has 0 aliphatic carbocycles. The Morgan fingerprint density at radius 2 is 1.70 bits per heavy atom. The molecule has 3 rings (SSSR count). The normalized spacial score (nSPS) is 10.7. The van der Waals surface area contributed by atoms with Gasteiger partial charge in [0, 0.05) is 11.6 Å². The number of nitrogens with zero attached hydrogens (tertiary/aromatic N) is 2. The summed E-state index contributed by atoms with van der Waals surface area (Å²) in [7, 11) is 0. The molecule has 0 fully saturated rings. The van der Waals surface area contributed by atoms with Crippen molar-refractivity contribution in [3.05, 3.63) is 87.2 Å². The van der Waals surface area contributed by atoms with Crippen molar-refractivity contribution in [2.24, 2.45) is 0 Å². The van der Waals surface area contributed by atoms with Gasteiger partial charge in [0.15, 0.2) is 0 Å². The molecule has 0 saturated heterocycles. The van der Waals surface area contributed by atoms with Gasteiger partial charge in [0.1, 0.15) is 0 Å². The first-order valence-corrected chi connectivity index (χ1v) is 7.75. The number of benzene rings is 2. The van der Waals surface area contributed by atoms with Crippen LogP contribution in [0.4, 0.5) is 0 Å². The number of aromatic nitrogens is 2. The Morgan fingerprint density at radius 3 is 2.48 bits per heavy atom. The van der Waals surface area contributed by atoms with Gasteiger partial charge < -0.3 is 0 Å². The lowest BCUT2D eigenvalue weighted by molar-refractivity contribution is 0.640. The first kappa shape index (κ1) is 15.2. The Hall–Kier alpha value is -2.68. The second-order valence-electron chi connectivity index (χ2n) is 5.96. The fraction of sp³-hybridized carbons (Fsp3) is 0.200. The molecule has 23 heavy (non-hydrogen) atoms. The zero-order valence-corrected chi connectivity index (χ0v) is 13.7. The van der Waals surface area contributed by atoms with Crippen LogP contribution in [0.25, 0.3) is 11.3 Å². The predicted molar refractivity (Wildman–Crippen MR) is 93.7 cm³/mol. The summed E-state index contributed by atoms with van der Waals surface area (Å²) in [4.78, 5) is 12.2. The Labute approximate surface area is 136 Å². The molecule has 0 unspecified atom stereocenters. The van der Waals surface area contributed by atoms with Gasteiger partial charge in [-0.05, 0) is 49.6 Å². The Bertz CT molecular complexity index is 910. The van der Waals surface area contributed by atoms with Gasteiger partial charge in [-0.25, -0.2) is 4.68 Å². The Kier molecular flexibility index (Phi) is 4.11. The highest BCUT2D eigenvalue weighted by atomic mass is 16.1. The van der Waals surface area contributed by atoms with Gasteiger partial charge in [0.05, 0.1) is 12.2 Å². The highest BCUT2D eigenvalue weighted by Crippen LogP contribution is 2.21. The monoisotopic (exact) mass is 304 g/mol. The lowest BCUT2D eigenvalue weighted by Crippen LogP contribution is -2.23. The molecule has 0 atom stereocenters. The first-order valence-electron chi connectivity index (χ1n) is 7.75. The average Bonchev–Trinajstić information content (AvgIpc) is 2.54. The molecule has 0 N–H and O–H groups in total. The van der Waals surface area contributed by atoms with Crippen molar-refractivity contribution >= 4 is 0 Å². The van der Waals surface area contributed by atoms with Crippen LogP contribution < -0.4 is 5.56 Å². The minimum atomic E-state index is -0.0812. The van der Waals surface area contributed by atoms with Gasteiger partial charge in [-0.2, -0.15) is 5.10 Å². The van der Waals surface area contributed by atoms with Crippen LogP contribution in [0, 0.1) is 20.8 Å². The standard InChI is InChI=1S/C20H20N2O/c1-14-8-9-16(3)18(12-14)19-10-11-20(23)22(21-19)13-17-7-5-4-6-15(17)2/h4-12H,13H2,1-3H3. The van der Waals surface area contributed by atoms with Gasteiger partial charge >= 0.3 is 0 Å². The van der Waals surface area contributed by atoms with E-state index >= 15 is 0 Å². The molecule has 2 aromatic carbocycles. The summed E-state index contributed by atoms with van der Waals surface area (Å²) in [5.41, 5.74) is 6.44. The number of hydrogen-bond acceptors (Lipinski definition) is 2. The molecule has 0 aliphatic heterocycles. The summed E-state index contributed by atoms with van der Waals surface area (Å²) in [6, 6.07) is 17.8. The quantitative estimate of drug-likeness (QED) is 0.736. The highest BCUT2D eigenvalue weighted by Gasteiger charge is 2.08. The topological polar surface area (TPSA) is 34.9 Å². The molecule has 1 heterocycles. The zero-order valence-electron chi connectivity index (χ0n) is 13.7. The summed E-state index contributed by atoms with van der Waals surface area (Å²) in [6.45, 7) is 6.67. The molecule has 3 nitrogen and oxygen atoms in total. The van der Waals surface area contributed by atoms with Crippen LogP contribution in [0.5, 0.6) is 0 Å². The molecule has 1 aromatic heterocycles.